The number of phenolic OH excluding ortho intramolecular Hbond substituents is 1. The highest BCUT2D eigenvalue weighted by Gasteiger charge is 2.54. The van der Waals surface area contributed by atoms with Gasteiger partial charge in [-0.2, -0.15) is 0 Å². The van der Waals surface area contributed by atoms with Crippen molar-refractivity contribution in [2.24, 2.45) is 23.7 Å². The largest absolute Gasteiger partial charge is 0.507 e. The van der Waals surface area contributed by atoms with Crippen LogP contribution in [-0.2, 0) is 38.0 Å². The first-order valence-electron chi connectivity index (χ1n) is 21.0. The lowest BCUT2D eigenvalue weighted by Crippen LogP contribution is -2.56. The van der Waals surface area contributed by atoms with Crippen molar-refractivity contribution in [3.05, 3.63) is 69.8 Å². The van der Waals surface area contributed by atoms with Gasteiger partial charge in [0, 0.05) is 68.9 Å². The second-order valence-corrected chi connectivity index (χ2v) is 17.8. The van der Waals surface area contributed by atoms with Crippen molar-refractivity contribution in [2.75, 3.05) is 20.2 Å². The molecule has 2 N–H and O–H groups in total. The minimum atomic E-state index is -2.05. The molecule has 1 amide bonds. The molecule has 1 aromatic rings. The molecular formula is C46H60N2O13. The van der Waals surface area contributed by atoms with Crippen molar-refractivity contribution in [3.8, 4) is 11.5 Å². The summed E-state index contributed by atoms with van der Waals surface area (Å²) in [6.45, 7) is 21.3. The Bertz CT molecular complexity index is 2110. The Kier molecular flexibility index (Phi) is 12.8. The molecule has 332 valence electrons. The molecule has 6 aliphatic rings. The van der Waals surface area contributed by atoms with Gasteiger partial charge < -0.3 is 48.5 Å². The summed E-state index contributed by atoms with van der Waals surface area (Å²) in [7, 11) is 1.50. The zero-order valence-electron chi connectivity index (χ0n) is 37.4. The van der Waals surface area contributed by atoms with Gasteiger partial charge >= 0.3 is 11.8 Å². The highest BCUT2D eigenvalue weighted by atomic mass is 16.7. The molecule has 5 aliphatic heterocycles. The van der Waals surface area contributed by atoms with Crippen molar-refractivity contribution < 1.29 is 62.2 Å². The summed E-state index contributed by atoms with van der Waals surface area (Å²) in [5, 5.41) is 14.3. The van der Waals surface area contributed by atoms with Crippen LogP contribution in [0.15, 0.2) is 47.5 Å². The molecule has 1 aromatic carbocycles. The van der Waals surface area contributed by atoms with Gasteiger partial charge in [-0.05, 0) is 47.6 Å². The molecule has 0 unspecified atom stereocenters. The molecule has 5 heterocycles. The van der Waals surface area contributed by atoms with Crippen LogP contribution >= 0.6 is 0 Å². The van der Waals surface area contributed by atoms with Gasteiger partial charge in [-0.3, -0.25) is 24.0 Å². The summed E-state index contributed by atoms with van der Waals surface area (Å²) in [6.07, 6.45) is 5.14. The Morgan fingerprint density at radius 2 is 1.51 bits per heavy atom. The van der Waals surface area contributed by atoms with Crippen LogP contribution in [0.25, 0.3) is 0 Å². The number of esters is 1. The number of fused-ring (bicyclic) bond motifs is 10. The maximum atomic E-state index is 15.0. The third kappa shape index (κ3) is 8.54. The van der Waals surface area contributed by atoms with Gasteiger partial charge in [0.15, 0.2) is 5.79 Å². The number of methoxy groups -OCH3 is 1. The maximum absolute atomic E-state index is 15.0. The monoisotopic (exact) mass is 848 g/mol. The predicted molar refractivity (Wildman–Crippen MR) is 222 cm³/mol. The second kappa shape index (κ2) is 17.1. The summed E-state index contributed by atoms with van der Waals surface area (Å²) in [5.41, 5.74) is -1.23. The molecular weight excluding hydrogens is 789 g/mol. The van der Waals surface area contributed by atoms with Crippen LogP contribution in [0.1, 0.15) is 113 Å². The predicted octanol–water partition coefficient (Wildman–Crippen LogP) is 5.87. The number of ketones is 3. The number of aromatic hydroxyl groups is 1. The number of nitrogens with one attached hydrogen (secondary N) is 1. The Balaban J connectivity index is 1.52. The first kappa shape index (κ1) is 45.7. The van der Waals surface area contributed by atoms with Gasteiger partial charge in [0.25, 0.3) is 11.7 Å². The summed E-state index contributed by atoms with van der Waals surface area (Å²) < 4.78 is 43.1. The Morgan fingerprint density at radius 1 is 0.869 bits per heavy atom. The number of benzene rings is 1. The second-order valence-electron chi connectivity index (χ2n) is 17.8. The molecule has 2 saturated heterocycles. The fourth-order valence-corrected chi connectivity index (χ4v) is 9.42. The highest BCUT2D eigenvalue weighted by Crippen LogP contribution is 2.49. The third-order valence-corrected chi connectivity index (χ3v) is 12.4. The number of carbonyl (C=O) groups is 5. The minimum Gasteiger partial charge on any atom is -0.507 e. The van der Waals surface area contributed by atoms with E-state index in [2.05, 4.69) is 5.32 Å². The number of rotatable bonds is 3. The number of Topliss-reactive ketones (excluding diaryl/α,β-unsaturated/α-hetero) is 3. The van der Waals surface area contributed by atoms with Crippen molar-refractivity contribution in [2.45, 2.75) is 131 Å². The third-order valence-electron chi connectivity index (χ3n) is 12.4. The molecule has 0 aromatic heterocycles. The molecule has 15 heteroatoms. The smallest absolute Gasteiger partial charge is 0.312 e. The Morgan fingerprint density at radius 3 is 2.13 bits per heavy atom. The number of allylic oxidation sites excluding steroid dienone is 4. The van der Waals surface area contributed by atoms with E-state index in [1.54, 1.807) is 30.1 Å². The summed E-state index contributed by atoms with van der Waals surface area (Å²) in [5.74, 6) is -8.50. The molecule has 0 spiro atoms. The van der Waals surface area contributed by atoms with Crippen LogP contribution in [0.3, 0.4) is 0 Å². The molecule has 1 aliphatic carbocycles. The van der Waals surface area contributed by atoms with Crippen LogP contribution in [0.2, 0.25) is 0 Å². The summed E-state index contributed by atoms with van der Waals surface area (Å²) in [6, 6.07) is 0. The van der Waals surface area contributed by atoms with E-state index in [9.17, 15) is 29.1 Å². The molecule has 0 radical (unpaired) electrons. The van der Waals surface area contributed by atoms with E-state index in [4.69, 9.17) is 33.2 Å². The van der Waals surface area contributed by atoms with E-state index in [0.717, 1.165) is 0 Å². The van der Waals surface area contributed by atoms with Crippen LogP contribution in [-0.4, -0.2) is 108 Å². The maximum Gasteiger partial charge on any atom is 0.312 e. The Labute approximate surface area is 357 Å². The molecule has 7 rings (SSSR count). The average molecular weight is 849 g/mol. The standard InChI is InChI=1S/C46H60N2O13/c1-21-15-14-16-22(2)44(54)47-34-35(48-19-23(3)57-24(4)20-48)38(52)31-32(37(34)51)36(50)26(6)42-33(31)43(53)46(12,61-42)56-18-17-30(55-13)25(5)40(58-29(9)49)28(8)41-27(7)39(21)59-45(10,11)60-41/h14-18,21,23-25,27-28,30,39-41,50H,19-20H2,1-13H3,(H,47,54)/b15-14+,18-17+,22-16-/t21-,23+,24+,25+,27+,28+,30-,39-,40+,41-,46-/m0/s1. The molecule has 0 saturated carbocycles. The van der Waals surface area contributed by atoms with Crippen LogP contribution < -0.4 is 10.1 Å². The number of hydrogen-bond donors (Lipinski definition) is 2. The molecule has 2 fully saturated rings. The fourth-order valence-electron chi connectivity index (χ4n) is 9.42. The zero-order chi connectivity index (χ0) is 45.0. The van der Waals surface area contributed by atoms with Gasteiger partial charge in [0.2, 0.25) is 11.6 Å². The number of nitrogens with zero attached hydrogens (tertiary/aromatic N) is 1. The Hall–Kier alpha value is -4.83. The van der Waals surface area contributed by atoms with Crippen LogP contribution in [0.4, 0.5) is 0 Å². The van der Waals surface area contributed by atoms with E-state index >= 15 is 0 Å². The van der Waals surface area contributed by atoms with E-state index in [0.29, 0.717) is 0 Å². The van der Waals surface area contributed by atoms with Crippen molar-refractivity contribution in [1.29, 1.82) is 0 Å². The van der Waals surface area contributed by atoms with Crippen LogP contribution in [0.5, 0.6) is 11.5 Å². The van der Waals surface area contributed by atoms with Crippen LogP contribution in [0, 0.1) is 30.6 Å². The number of phenols is 1. The molecule has 7 bridgehead atoms. The lowest BCUT2D eigenvalue weighted by atomic mass is 9.77. The SMILES string of the molecule is CO[C@H]1/C=C/O[C@@]2(C)Oc3c(C)c(O)c4c(c3C2=O)C(=O)C(N2C[C@@H](C)O[C@H](C)C2)=C(NC(=O)/C(C)=C\C=C\[C@H](C)[C@@H]2OC(C)(C)O[C@H]([C@H](C)[C@H](OC(C)=O)[C@@H]1C)[C@@H]2C)C4=O. The number of morpholine rings is 1. The number of hydrogen-bond acceptors (Lipinski definition) is 14. The quantitative estimate of drug-likeness (QED) is 0.345. The number of carbonyl (C=O) groups excluding carboxylic acids is 5. The van der Waals surface area contributed by atoms with Crippen molar-refractivity contribution in [1.82, 2.24) is 10.2 Å². The van der Waals surface area contributed by atoms with Gasteiger partial charge in [0.1, 0.15) is 29.0 Å². The number of amides is 1. The molecule has 15 nitrogen and oxygen atoms in total. The molecule has 11 atom stereocenters. The van der Waals surface area contributed by atoms with Gasteiger partial charge in [-0.15, -0.1) is 0 Å². The fraction of sp³-hybridized carbons (Fsp3) is 0.587. The van der Waals surface area contributed by atoms with E-state index in [-0.39, 0.29) is 88.6 Å². The first-order chi connectivity index (χ1) is 28.5. The van der Waals surface area contributed by atoms with E-state index in [1.165, 1.54) is 34.1 Å². The lowest BCUT2D eigenvalue weighted by molar-refractivity contribution is -0.336. The zero-order valence-corrected chi connectivity index (χ0v) is 37.4. The van der Waals surface area contributed by atoms with E-state index < -0.39 is 76.3 Å². The van der Waals surface area contributed by atoms with Gasteiger partial charge in [-0.1, -0.05) is 45.9 Å². The average Bonchev–Trinajstić information content (AvgIpc) is 3.44. The first-order valence-corrected chi connectivity index (χ1v) is 21.0. The van der Waals surface area contributed by atoms with E-state index in [1.807, 2.05) is 61.5 Å². The van der Waals surface area contributed by atoms with Gasteiger partial charge in [0.05, 0.1) is 53.5 Å². The summed E-state index contributed by atoms with van der Waals surface area (Å²) in [4.78, 5) is 72.5. The normalized spacial score (nSPS) is 36.3. The van der Waals surface area contributed by atoms with Gasteiger partial charge in [-0.25, -0.2) is 0 Å². The van der Waals surface area contributed by atoms with Crippen molar-refractivity contribution in [3.63, 3.8) is 0 Å². The lowest BCUT2D eigenvalue weighted by Gasteiger charge is -2.50. The number of ether oxygens (including phenoxy) is 7. The summed E-state index contributed by atoms with van der Waals surface area (Å²) >= 11 is 0. The topological polar surface area (TPSA) is 185 Å². The molecule has 61 heavy (non-hydrogen) atoms. The minimum absolute atomic E-state index is 0.0265. The highest BCUT2D eigenvalue weighted by molar-refractivity contribution is 6.32. The van der Waals surface area contributed by atoms with Crippen molar-refractivity contribution >= 4 is 29.2 Å².